The maximum Gasteiger partial charge on any atom is 0.310 e. The average molecular weight is 360 g/mol. The van der Waals surface area contributed by atoms with Crippen LogP contribution in [0, 0.1) is 5.41 Å². The van der Waals surface area contributed by atoms with Gasteiger partial charge in [0.15, 0.2) is 0 Å². The van der Waals surface area contributed by atoms with Gasteiger partial charge in [0.05, 0.1) is 12.5 Å². The lowest BCUT2D eigenvalue weighted by molar-refractivity contribution is -0.153. The minimum absolute atomic E-state index is 0.580. The van der Waals surface area contributed by atoms with E-state index in [0.717, 1.165) is 51.3 Å². The molecule has 2 heterocycles. The number of likely N-dealkylation sites (tertiary alicyclic amines) is 2. The van der Waals surface area contributed by atoms with Gasteiger partial charge in [0.1, 0.15) is 5.75 Å². The van der Waals surface area contributed by atoms with Gasteiger partial charge in [0.25, 0.3) is 0 Å². The summed E-state index contributed by atoms with van der Waals surface area (Å²) in [5.74, 6) is 0.307. The van der Waals surface area contributed by atoms with Crippen LogP contribution in [0.15, 0.2) is 18.2 Å². The largest absolute Gasteiger partial charge is 0.496 e. The molecule has 3 rings (SSSR count). The van der Waals surface area contributed by atoms with Crippen LogP contribution in [0.5, 0.6) is 5.75 Å². The van der Waals surface area contributed by atoms with Crippen LogP contribution >= 0.6 is 0 Å². The number of aliphatic carboxylic acids is 1. The highest BCUT2D eigenvalue weighted by Crippen LogP contribution is 2.34. The third-order valence-corrected chi connectivity index (χ3v) is 6.13. The summed E-state index contributed by atoms with van der Waals surface area (Å²) in [4.78, 5) is 16.6. The van der Waals surface area contributed by atoms with E-state index in [2.05, 4.69) is 28.0 Å². The molecule has 0 radical (unpaired) electrons. The van der Waals surface area contributed by atoms with Crippen LogP contribution in [-0.2, 0) is 17.9 Å². The molecule has 0 aromatic heterocycles. The van der Waals surface area contributed by atoms with Gasteiger partial charge in [-0.05, 0) is 69.4 Å². The number of ether oxygens (including phenoxy) is 1. The first-order chi connectivity index (χ1) is 12.6. The van der Waals surface area contributed by atoms with E-state index in [9.17, 15) is 9.90 Å². The fourth-order valence-electron chi connectivity index (χ4n) is 4.47. The molecule has 5 nitrogen and oxygen atoms in total. The lowest BCUT2D eigenvalue weighted by Gasteiger charge is -2.39. The Hall–Kier alpha value is -1.59. The Bertz CT molecular complexity index is 628. The number of benzene rings is 1. The zero-order valence-electron chi connectivity index (χ0n) is 16.2. The second kappa shape index (κ2) is 8.40. The molecule has 0 aliphatic carbocycles. The summed E-state index contributed by atoms with van der Waals surface area (Å²) in [7, 11) is 1.73. The Morgan fingerprint density at radius 3 is 2.54 bits per heavy atom. The summed E-state index contributed by atoms with van der Waals surface area (Å²) < 4.78 is 5.56. The molecule has 1 atom stereocenters. The van der Waals surface area contributed by atoms with Crippen LogP contribution in [0.2, 0.25) is 0 Å². The number of hydrogen-bond donors (Lipinski definition) is 1. The quantitative estimate of drug-likeness (QED) is 0.808. The van der Waals surface area contributed by atoms with Crippen molar-refractivity contribution in [1.29, 1.82) is 0 Å². The first kappa shape index (κ1) is 19.2. The van der Waals surface area contributed by atoms with Crippen LogP contribution in [0.25, 0.3) is 0 Å². The van der Waals surface area contributed by atoms with Crippen LogP contribution in [-0.4, -0.2) is 54.2 Å². The number of rotatable bonds is 7. The lowest BCUT2D eigenvalue weighted by Crippen LogP contribution is -2.47. The van der Waals surface area contributed by atoms with Crippen LogP contribution in [0.4, 0.5) is 0 Å². The smallest absolute Gasteiger partial charge is 0.310 e. The normalized spacial score (nSPS) is 24.7. The van der Waals surface area contributed by atoms with Gasteiger partial charge >= 0.3 is 5.97 Å². The van der Waals surface area contributed by atoms with E-state index < -0.39 is 11.4 Å². The molecule has 1 aromatic rings. The summed E-state index contributed by atoms with van der Waals surface area (Å²) in [6, 6.07) is 6.43. The van der Waals surface area contributed by atoms with Gasteiger partial charge in [-0.25, -0.2) is 0 Å². The Labute approximate surface area is 156 Å². The number of carboxylic acids is 1. The molecule has 0 amide bonds. The molecule has 0 spiro atoms. The van der Waals surface area contributed by atoms with Crippen molar-refractivity contribution in [3.63, 3.8) is 0 Å². The first-order valence-corrected chi connectivity index (χ1v) is 9.90. The number of carboxylic acid groups (broad SMARTS) is 1. The van der Waals surface area contributed by atoms with Crippen molar-refractivity contribution < 1.29 is 14.6 Å². The summed E-state index contributed by atoms with van der Waals surface area (Å²) in [5.41, 5.74) is 1.91. The number of hydrogen-bond acceptors (Lipinski definition) is 4. The molecule has 1 N–H and O–H groups in total. The topological polar surface area (TPSA) is 53.0 Å². The molecule has 1 unspecified atom stereocenters. The molecule has 144 valence electrons. The second-order valence-electron chi connectivity index (χ2n) is 7.88. The summed E-state index contributed by atoms with van der Waals surface area (Å²) in [5, 5.41) is 9.70. The summed E-state index contributed by atoms with van der Waals surface area (Å²) >= 11 is 0. The van der Waals surface area contributed by atoms with E-state index >= 15 is 0 Å². The molecule has 0 bridgehead atoms. The van der Waals surface area contributed by atoms with E-state index in [-0.39, 0.29) is 0 Å². The third kappa shape index (κ3) is 4.21. The predicted octanol–water partition coefficient (Wildman–Crippen LogP) is 3.37. The number of piperidine rings is 1. The standard InChI is InChI=1S/C21H32N2O3/c1-3-21(20(24)25)9-6-12-23(16-21)14-17-7-8-19(26-2)18(13-17)15-22-10-4-5-11-22/h7-8,13H,3-6,9-12,14-16H2,1-2H3,(H,24,25). The molecular weight excluding hydrogens is 328 g/mol. The summed E-state index contributed by atoms with van der Waals surface area (Å²) in [6.45, 7) is 7.69. The van der Waals surface area contributed by atoms with Gasteiger partial charge in [-0.15, -0.1) is 0 Å². The van der Waals surface area contributed by atoms with Crippen molar-refractivity contribution in [3.8, 4) is 5.75 Å². The third-order valence-electron chi connectivity index (χ3n) is 6.13. The maximum absolute atomic E-state index is 11.8. The molecule has 2 saturated heterocycles. The zero-order chi connectivity index (χ0) is 18.6. The fraction of sp³-hybridized carbons (Fsp3) is 0.667. The Kier molecular flexibility index (Phi) is 6.20. The fourth-order valence-corrected chi connectivity index (χ4v) is 4.47. The minimum atomic E-state index is -0.644. The molecule has 0 saturated carbocycles. The Balaban J connectivity index is 1.71. The van der Waals surface area contributed by atoms with Crippen molar-refractivity contribution in [3.05, 3.63) is 29.3 Å². The molecular formula is C21H32N2O3. The van der Waals surface area contributed by atoms with Crippen molar-refractivity contribution in [1.82, 2.24) is 9.80 Å². The highest BCUT2D eigenvalue weighted by Gasteiger charge is 2.40. The van der Waals surface area contributed by atoms with Gasteiger partial charge in [-0.1, -0.05) is 13.0 Å². The van der Waals surface area contributed by atoms with E-state index in [4.69, 9.17) is 4.74 Å². The van der Waals surface area contributed by atoms with E-state index in [0.29, 0.717) is 13.0 Å². The van der Waals surface area contributed by atoms with Gasteiger partial charge in [0, 0.05) is 25.2 Å². The molecule has 2 aliphatic heterocycles. The van der Waals surface area contributed by atoms with Crippen molar-refractivity contribution in [2.24, 2.45) is 5.41 Å². The first-order valence-electron chi connectivity index (χ1n) is 9.90. The Morgan fingerprint density at radius 1 is 1.15 bits per heavy atom. The predicted molar refractivity (Wildman–Crippen MR) is 102 cm³/mol. The monoisotopic (exact) mass is 360 g/mol. The van der Waals surface area contributed by atoms with Crippen molar-refractivity contribution in [2.75, 3.05) is 33.3 Å². The van der Waals surface area contributed by atoms with Crippen molar-refractivity contribution >= 4 is 5.97 Å². The minimum Gasteiger partial charge on any atom is -0.496 e. The van der Waals surface area contributed by atoms with Gasteiger partial charge < -0.3 is 9.84 Å². The molecule has 5 heteroatoms. The zero-order valence-corrected chi connectivity index (χ0v) is 16.2. The van der Waals surface area contributed by atoms with E-state index in [1.165, 1.54) is 24.0 Å². The second-order valence-corrected chi connectivity index (χ2v) is 7.88. The SMILES string of the molecule is CCC1(C(=O)O)CCCN(Cc2ccc(OC)c(CN3CCCC3)c2)C1. The van der Waals surface area contributed by atoms with E-state index in [1.54, 1.807) is 7.11 Å². The highest BCUT2D eigenvalue weighted by molar-refractivity contribution is 5.75. The Morgan fingerprint density at radius 2 is 1.88 bits per heavy atom. The molecule has 2 aliphatic rings. The van der Waals surface area contributed by atoms with E-state index in [1.807, 2.05) is 6.92 Å². The summed E-state index contributed by atoms with van der Waals surface area (Å²) in [6.07, 6.45) is 5.00. The van der Waals surface area contributed by atoms with Crippen LogP contribution in [0.3, 0.4) is 0 Å². The number of nitrogens with zero attached hydrogens (tertiary/aromatic N) is 2. The molecule has 2 fully saturated rings. The molecule has 26 heavy (non-hydrogen) atoms. The van der Waals surface area contributed by atoms with Crippen LogP contribution in [0.1, 0.15) is 50.2 Å². The highest BCUT2D eigenvalue weighted by atomic mass is 16.5. The average Bonchev–Trinajstić information content (AvgIpc) is 3.15. The number of methoxy groups -OCH3 is 1. The van der Waals surface area contributed by atoms with Gasteiger partial charge in [-0.2, -0.15) is 0 Å². The van der Waals surface area contributed by atoms with Gasteiger partial charge in [0.2, 0.25) is 0 Å². The molecule has 1 aromatic carbocycles. The van der Waals surface area contributed by atoms with Gasteiger partial charge in [-0.3, -0.25) is 14.6 Å². The number of carbonyl (C=O) groups is 1. The van der Waals surface area contributed by atoms with Crippen LogP contribution < -0.4 is 4.74 Å². The lowest BCUT2D eigenvalue weighted by atomic mass is 9.77. The maximum atomic E-state index is 11.8. The van der Waals surface area contributed by atoms with Crippen molar-refractivity contribution in [2.45, 2.75) is 52.1 Å².